The fourth-order valence-electron chi connectivity index (χ4n) is 3.80. The highest BCUT2D eigenvalue weighted by Gasteiger charge is 2.45. The second-order valence-electron chi connectivity index (χ2n) is 5.98. The van der Waals surface area contributed by atoms with Crippen molar-refractivity contribution in [2.45, 2.75) is 32.1 Å². The predicted molar refractivity (Wildman–Crippen MR) is 75.5 cm³/mol. The number of benzene rings is 1. The first-order valence-corrected chi connectivity index (χ1v) is 6.97. The average molecular weight is 256 g/mol. The van der Waals surface area contributed by atoms with Crippen molar-refractivity contribution in [1.29, 1.82) is 0 Å². The maximum Gasteiger partial charge on any atom is 0.158 e. The monoisotopic (exact) mass is 256 g/mol. The fraction of sp³-hybridized carbons (Fsp3) is 0.471. The van der Waals surface area contributed by atoms with E-state index in [0.717, 1.165) is 18.6 Å². The van der Waals surface area contributed by atoms with Gasteiger partial charge in [-0.2, -0.15) is 0 Å². The number of ether oxygens (including phenoxy) is 1. The lowest BCUT2D eigenvalue weighted by Crippen LogP contribution is -2.43. The van der Waals surface area contributed by atoms with Crippen molar-refractivity contribution in [3.63, 3.8) is 0 Å². The highest BCUT2D eigenvalue weighted by molar-refractivity contribution is 5.93. The molecule has 0 spiro atoms. The van der Waals surface area contributed by atoms with E-state index in [1.807, 2.05) is 6.07 Å². The van der Waals surface area contributed by atoms with Gasteiger partial charge in [0, 0.05) is 11.3 Å². The normalized spacial score (nSPS) is 32.7. The van der Waals surface area contributed by atoms with Crippen LogP contribution in [-0.4, -0.2) is 12.9 Å². The number of carbonyl (C=O) groups excluding carboxylic acids is 1. The van der Waals surface area contributed by atoms with Crippen molar-refractivity contribution in [3.8, 4) is 5.75 Å². The molecule has 0 N–H and O–H groups in total. The molecule has 1 aromatic carbocycles. The largest absolute Gasteiger partial charge is 0.497 e. The standard InChI is InChI=1S/C17H20O2/c1-11-14-7-5-12-4-6-13(19-3)10-15(12)17(14,2)9-8-16(11)18/h4,6,8-11,14H,5,7H2,1-3H3. The van der Waals surface area contributed by atoms with Crippen LogP contribution in [0.1, 0.15) is 31.4 Å². The molecule has 0 bridgehead atoms. The quantitative estimate of drug-likeness (QED) is 0.770. The molecular weight excluding hydrogens is 236 g/mol. The summed E-state index contributed by atoms with van der Waals surface area (Å²) in [5.41, 5.74) is 2.69. The number of hydrogen-bond donors (Lipinski definition) is 0. The Morgan fingerprint density at radius 1 is 1.37 bits per heavy atom. The number of methoxy groups -OCH3 is 1. The summed E-state index contributed by atoms with van der Waals surface area (Å²) in [6.45, 7) is 4.33. The molecule has 0 aromatic heterocycles. The summed E-state index contributed by atoms with van der Waals surface area (Å²) in [4.78, 5) is 11.9. The van der Waals surface area contributed by atoms with Gasteiger partial charge in [-0.15, -0.1) is 0 Å². The average Bonchev–Trinajstić information content (AvgIpc) is 2.43. The number of ketones is 1. The summed E-state index contributed by atoms with van der Waals surface area (Å²) >= 11 is 0. The Labute approximate surface area is 114 Å². The number of aryl methyl sites for hydroxylation is 1. The molecule has 2 aliphatic rings. The summed E-state index contributed by atoms with van der Waals surface area (Å²) in [6, 6.07) is 6.35. The van der Waals surface area contributed by atoms with Crippen LogP contribution in [0, 0.1) is 11.8 Å². The molecule has 3 atom stereocenters. The third-order valence-corrected chi connectivity index (χ3v) is 5.04. The lowest BCUT2D eigenvalue weighted by atomic mass is 9.57. The van der Waals surface area contributed by atoms with Crippen LogP contribution in [0.2, 0.25) is 0 Å². The number of hydrogen-bond acceptors (Lipinski definition) is 2. The third kappa shape index (κ3) is 1.73. The number of allylic oxidation sites excluding steroid dienone is 2. The Bertz CT molecular complexity index is 558. The lowest BCUT2D eigenvalue weighted by molar-refractivity contribution is -0.120. The SMILES string of the molecule is COc1ccc2c(c1)C1(C)C=CC(=O)C(C)C1CC2. The summed E-state index contributed by atoms with van der Waals surface area (Å²) in [5, 5.41) is 0. The van der Waals surface area contributed by atoms with Crippen LogP contribution in [0.25, 0.3) is 0 Å². The number of fused-ring (bicyclic) bond motifs is 3. The Kier molecular flexibility index (Phi) is 2.77. The fourth-order valence-corrected chi connectivity index (χ4v) is 3.80. The molecule has 0 aliphatic heterocycles. The topological polar surface area (TPSA) is 26.3 Å². The van der Waals surface area contributed by atoms with Gasteiger partial charge >= 0.3 is 0 Å². The van der Waals surface area contributed by atoms with E-state index >= 15 is 0 Å². The van der Waals surface area contributed by atoms with Gasteiger partial charge in [-0.1, -0.05) is 26.0 Å². The Hall–Kier alpha value is -1.57. The highest BCUT2D eigenvalue weighted by Crippen LogP contribution is 2.49. The zero-order chi connectivity index (χ0) is 13.6. The highest BCUT2D eigenvalue weighted by atomic mass is 16.5. The minimum absolute atomic E-state index is 0.0323. The molecule has 100 valence electrons. The molecule has 2 nitrogen and oxygen atoms in total. The van der Waals surface area contributed by atoms with Crippen LogP contribution in [0.3, 0.4) is 0 Å². The first-order valence-electron chi connectivity index (χ1n) is 6.97. The van der Waals surface area contributed by atoms with Crippen LogP contribution < -0.4 is 4.74 Å². The van der Waals surface area contributed by atoms with E-state index < -0.39 is 0 Å². The summed E-state index contributed by atoms with van der Waals surface area (Å²) in [7, 11) is 1.70. The van der Waals surface area contributed by atoms with Gasteiger partial charge in [0.25, 0.3) is 0 Å². The van der Waals surface area contributed by atoms with Crippen LogP contribution in [0.5, 0.6) is 5.75 Å². The molecule has 1 aromatic rings. The van der Waals surface area contributed by atoms with E-state index in [1.165, 1.54) is 11.1 Å². The second-order valence-corrected chi connectivity index (χ2v) is 5.98. The minimum Gasteiger partial charge on any atom is -0.497 e. The summed E-state index contributed by atoms with van der Waals surface area (Å²) in [6.07, 6.45) is 6.03. The number of carbonyl (C=O) groups is 1. The van der Waals surface area contributed by atoms with Crippen molar-refractivity contribution in [3.05, 3.63) is 41.5 Å². The van der Waals surface area contributed by atoms with Gasteiger partial charge < -0.3 is 4.74 Å². The van der Waals surface area contributed by atoms with Gasteiger partial charge in [0.1, 0.15) is 5.75 Å². The first kappa shape index (κ1) is 12.5. The van der Waals surface area contributed by atoms with Gasteiger partial charge in [0.05, 0.1) is 7.11 Å². The Balaban J connectivity index is 2.16. The maximum absolute atomic E-state index is 11.9. The van der Waals surface area contributed by atoms with Crippen molar-refractivity contribution in [2.75, 3.05) is 7.11 Å². The molecule has 3 unspecified atom stereocenters. The minimum atomic E-state index is -0.0323. The third-order valence-electron chi connectivity index (χ3n) is 5.04. The molecule has 3 rings (SSSR count). The second kappa shape index (κ2) is 4.22. The molecule has 0 heterocycles. The molecule has 2 aliphatic carbocycles. The molecule has 2 heteroatoms. The van der Waals surface area contributed by atoms with Gasteiger partial charge in [-0.05, 0) is 48.1 Å². The molecule has 0 amide bonds. The zero-order valence-corrected chi connectivity index (χ0v) is 11.8. The lowest BCUT2D eigenvalue weighted by Gasteiger charge is -2.45. The molecule has 0 saturated heterocycles. The van der Waals surface area contributed by atoms with Crippen molar-refractivity contribution < 1.29 is 9.53 Å². The maximum atomic E-state index is 11.9. The van der Waals surface area contributed by atoms with E-state index in [4.69, 9.17) is 4.74 Å². The van der Waals surface area contributed by atoms with Crippen molar-refractivity contribution in [2.24, 2.45) is 11.8 Å². The van der Waals surface area contributed by atoms with Crippen LogP contribution >= 0.6 is 0 Å². The van der Waals surface area contributed by atoms with Gasteiger partial charge in [0.2, 0.25) is 0 Å². The van der Waals surface area contributed by atoms with Crippen LogP contribution in [0.4, 0.5) is 0 Å². The first-order chi connectivity index (χ1) is 9.06. The van der Waals surface area contributed by atoms with E-state index in [0.29, 0.717) is 5.92 Å². The Morgan fingerprint density at radius 2 is 2.16 bits per heavy atom. The molecule has 0 radical (unpaired) electrons. The van der Waals surface area contributed by atoms with Crippen LogP contribution in [-0.2, 0) is 16.6 Å². The molecule has 19 heavy (non-hydrogen) atoms. The zero-order valence-electron chi connectivity index (χ0n) is 11.8. The predicted octanol–water partition coefficient (Wildman–Crippen LogP) is 3.29. The van der Waals surface area contributed by atoms with E-state index in [-0.39, 0.29) is 17.1 Å². The molecule has 0 saturated carbocycles. The van der Waals surface area contributed by atoms with Gasteiger partial charge in [0.15, 0.2) is 5.78 Å². The van der Waals surface area contributed by atoms with Gasteiger partial charge in [-0.25, -0.2) is 0 Å². The Morgan fingerprint density at radius 3 is 2.89 bits per heavy atom. The van der Waals surface area contributed by atoms with Crippen LogP contribution in [0.15, 0.2) is 30.4 Å². The smallest absolute Gasteiger partial charge is 0.158 e. The molecule has 0 fully saturated rings. The summed E-state index contributed by atoms with van der Waals surface area (Å²) in [5.74, 6) is 1.70. The van der Waals surface area contributed by atoms with E-state index in [1.54, 1.807) is 13.2 Å². The molecular formula is C17H20O2. The van der Waals surface area contributed by atoms with E-state index in [2.05, 4.69) is 32.1 Å². The summed E-state index contributed by atoms with van der Waals surface area (Å²) < 4.78 is 5.36. The van der Waals surface area contributed by atoms with Gasteiger partial charge in [-0.3, -0.25) is 4.79 Å². The van der Waals surface area contributed by atoms with E-state index in [9.17, 15) is 4.79 Å². The van der Waals surface area contributed by atoms with Crippen molar-refractivity contribution >= 4 is 5.78 Å². The van der Waals surface area contributed by atoms with Crippen molar-refractivity contribution in [1.82, 2.24) is 0 Å². The number of rotatable bonds is 1.